The van der Waals surface area contributed by atoms with Crippen molar-refractivity contribution >= 4 is 21.7 Å². The smallest absolute Gasteiger partial charge is 0.00688 e. The van der Waals surface area contributed by atoms with Gasteiger partial charge >= 0.3 is 0 Å². The zero-order valence-electron chi connectivity index (χ0n) is 3.42. The first-order valence-corrected chi connectivity index (χ1v) is 2.90. The molecule has 6 heavy (non-hydrogen) atoms. The Balaban J connectivity index is 2.78. The number of rotatable bonds is 0. The van der Waals surface area contributed by atoms with Crippen molar-refractivity contribution in [3.8, 4) is 0 Å². The Labute approximate surface area is 41.0 Å². The van der Waals surface area contributed by atoms with Crippen LogP contribution in [-0.2, 0) is 0 Å². The molecule has 0 aromatic carbocycles. The second-order valence-electron chi connectivity index (χ2n) is 1.10. The van der Waals surface area contributed by atoms with Gasteiger partial charge in [0.15, 0.2) is 0 Å². The third kappa shape index (κ3) is 0.830. The molecule has 0 unspecified atom stereocenters. The van der Waals surface area contributed by atoms with E-state index in [0.717, 1.165) is 6.42 Å². The first-order valence-electron chi connectivity index (χ1n) is 1.95. The highest BCUT2D eigenvalue weighted by atomic mass is 32.1. The van der Waals surface area contributed by atoms with Crippen LogP contribution in [0, 0.1) is 0 Å². The van der Waals surface area contributed by atoms with Crippen LogP contribution < -0.4 is 0 Å². The molecule has 1 rings (SSSR count). The van der Waals surface area contributed by atoms with Crippen LogP contribution in [0.15, 0.2) is 12.2 Å². The van der Waals surface area contributed by atoms with Crippen LogP contribution in [0.25, 0.3) is 0 Å². The van der Waals surface area contributed by atoms with Gasteiger partial charge in [-0.2, -0.15) is 10.9 Å². The molecule has 1 aliphatic rings. The van der Waals surface area contributed by atoms with E-state index in [9.17, 15) is 0 Å². The van der Waals surface area contributed by atoms with E-state index in [0.29, 0.717) is 0 Å². The van der Waals surface area contributed by atoms with Gasteiger partial charge in [0.1, 0.15) is 0 Å². The zero-order chi connectivity index (χ0) is 4.24. The normalized spacial score (nSPS) is 17.3. The predicted molar refractivity (Wildman–Crippen MR) is 33.5 cm³/mol. The summed E-state index contributed by atoms with van der Waals surface area (Å²) < 4.78 is 0. The molecule has 1 aliphatic heterocycles. The van der Waals surface area contributed by atoms with E-state index in [-0.39, 0.29) is 0 Å². The summed E-state index contributed by atoms with van der Waals surface area (Å²) in [5, 5.41) is 4.24. The van der Waals surface area contributed by atoms with Gasteiger partial charge in [-0.1, -0.05) is 12.2 Å². The van der Waals surface area contributed by atoms with Crippen molar-refractivity contribution in [2.45, 2.75) is 6.42 Å². The summed E-state index contributed by atoms with van der Waals surface area (Å²) in [6.07, 6.45) is 5.34. The summed E-state index contributed by atoms with van der Waals surface area (Å²) in [7, 11) is 1.76. The molecule has 0 N–H and O–H groups in total. The maximum atomic E-state index is 2.17. The largest absolute Gasteiger partial charge is 0.157 e. The maximum Gasteiger partial charge on any atom is -0.00688 e. The summed E-state index contributed by atoms with van der Waals surface area (Å²) >= 11 is 0. The van der Waals surface area contributed by atoms with Gasteiger partial charge < -0.3 is 0 Å². The minimum Gasteiger partial charge on any atom is -0.157 e. The van der Waals surface area contributed by atoms with Crippen molar-refractivity contribution in [2.75, 3.05) is 0 Å². The van der Waals surface area contributed by atoms with E-state index in [1.807, 2.05) is 0 Å². The average molecular weight is 98.2 g/mol. The fourth-order valence-electron chi connectivity index (χ4n) is 0.346. The first kappa shape index (κ1) is 3.88. The van der Waals surface area contributed by atoms with Crippen LogP contribution in [0.4, 0.5) is 0 Å². The lowest BCUT2D eigenvalue weighted by atomic mass is 10.4. The molecule has 0 nitrogen and oxygen atoms in total. The molecule has 1 heterocycles. The van der Waals surface area contributed by atoms with E-state index in [1.165, 1.54) is 0 Å². The van der Waals surface area contributed by atoms with Gasteiger partial charge in [0.25, 0.3) is 0 Å². The molecule has 0 aromatic rings. The third-order valence-corrected chi connectivity index (χ3v) is 1.32. The Morgan fingerprint density at radius 2 is 2.50 bits per heavy atom. The average Bonchev–Trinajstić information content (AvgIpc) is 1.72. The highest BCUT2D eigenvalue weighted by Crippen LogP contribution is 1.83. The Bertz CT molecular complexity index is 116. The van der Waals surface area contributed by atoms with Gasteiger partial charge in [-0.15, -0.1) is 0 Å². The van der Waals surface area contributed by atoms with Crippen LogP contribution >= 0.6 is 10.9 Å². The fourth-order valence-corrected chi connectivity index (χ4v) is 0.881. The monoisotopic (exact) mass is 98.0 g/mol. The fraction of sp³-hybridized carbons (Fsp3) is 0.200. The second-order valence-corrected chi connectivity index (χ2v) is 1.98. The molecular weight excluding hydrogens is 92.1 g/mol. The van der Waals surface area contributed by atoms with Crippen LogP contribution in [0.5, 0.6) is 0 Å². The standard InChI is InChI=1S/C5H6S/c1-2-4-6-5-3-1/h1-2,4-5H,3H2. The van der Waals surface area contributed by atoms with Crippen LogP contribution in [-0.4, -0.2) is 10.7 Å². The van der Waals surface area contributed by atoms with E-state index in [4.69, 9.17) is 0 Å². The van der Waals surface area contributed by atoms with Crippen molar-refractivity contribution in [2.24, 2.45) is 0 Å². The Hall–Kier alpha value is -0.300. The number of hydrogen-bond donors (Lipinski definition) is 0. The van der Waals surface area contributed by atoms with E-state index in [1.54, 1.807) is 10.9 Å². The van der Waals surface area contributed by atoms with Crippen LogP contribution in [0.3, 0.4) is 0 Å². The summed E-state index contributed by atoms with van der Waals surface area (Å²) in [6.45, 7) is 0. The van der Waals surface area contributed by atoms with E-state index >= 15 is 0 Å². The molecule has 0 amide bonds. The topological polar surface area (TPSA) is 0 Å². The lowest BCUT2D eigenvalue weighted by Crippen LogP contribution is -1.68. The molecule has 32 valence electrons. The molecule has 0 aliphatic carbocycles. The Morgan fingerprint density at radius 1 is 1.50 bits per heavy atom. The quantitative estimate of drug-likeness (QED) is 0.400. The number of hydrogen-bond acceptors (Lipinski definition) is 0. The lowest BCUT2D eigenvalue weighted by Gasteiger charge is -1.78. The molecule has 0 atom stereocenters. The molecule has 0 saturated heterocycles. The van der Waals surface area contributed by atoms with Gasteiger partial charge in [0, 0.05) is 0 Å². The van der Waals surface area contributed by atoms with E-state index < -0.39 is 0 Å². The van der Waals surface area contributed by atoms with Crippen molar-refractivity contribution in [1.29, 1.82) is 0 Å². The molecule has 0 aromatic heterocycles. The molecule has 0 fully saturated rings. The minimum atomic E-state index is 1.13. The van der Waals surface area contributed by atoms with Crippen molar-refractivity contribution < 1.29 is 0 Å². The van der Waals surface area contributed by atoms with Crippen molar-refractivity contribution in [1.82, 2.24) is 0 Å². The summed E-state index contributed by atoms with van der Waals surface area (Å²) in [5.74, 6) is 0. The van der Waals surface area contributed by atoms with Crippen LogP contribution in [0.1, 0.15) is 6.42 Å². The van der Waals surface area contributed by atoms with Gasteiger partial charge in [0.05, 0.1) is 0 Å². The Kier molecular flexibility index (Phi) is 1.28. The van der Waals surface area contributed by atoms with Crippen molar-refractivity contribution in [3.05, 3.63) is 12.2 Å². The molecule has 0 bridgehead atoms. The van der Waals surface area contributed by atoms with E-state index in [2.05, 4.69) is 22.9 Å². The van der Waals surface area contributed by atoms with Gasteiger partial charge in [-0.3, -0.25) is 0 Å². The third-order valence-electron chi connectivity index (χ3n) is 0.622. The molecular formula is C5H6S. The molecule has 0 spiro atoms. The predicted octanol–water partition coefficient (Wildman–Crippen LogP) is 1.28. The Morgan fingerprint density at radius 3 is 2.67 bits per heavy atom. The van der Waals surface area contributed by atoms with Crippen molar-refractivity contribution in [3.63, 3.8) is 0 Å². The highest BCUT2D eigenvalue weighted by Gasteiger charge is 1.69. The summed E-state index contributed by atoms with van der Waals surface area (Å²) in [4.78, 5) is 0. The van der Waals surface area contributed by atoms with Gasteiger partial charge in [0.2, 0.25) is 0 Å². The van der Waals surface area contributed by atoms with Gasteiger partial charge in [-0.05, 0) is 17.2 Å². The van der Waals surface area contributed by atoms with Crippen LogP contribution in [0.2, 0.25) is 0 Å². The number of allylic oxidation sites excluding steroid dienone is 2. The molecule has 1 heteroatoms. The maximum absolute atomic E-state index is 2.17. The lowest BCUT2D eigenvalue weighted by molar-refractivity contribution is 1.58. The summed E-state index contributed by atoms with van der Waals surface area (Å²) in [6, 6.07) is 0. The first-order chi connectivity index (χ1) is 3.00. The highest BCUT2D eigenvalue weighted by molar-refractivity contribution is 7.96. The summed E-state index contributed by atoms with van der Waals surface area (Å²) in [5.41, 5.74) is 0. The van der Waals surface area contributed by atoms with Gasteiger partial charge in [-0.25, -0.2) is 0 Å². The second kappa shape index (κ2) is 1.98. The zero-order valence-corrected chi connectivity index (χ0v) is 4.24. The minimum absolute atomic E-state index is 1.13. The molecule has 0 radical (unpaired) electrons. The SMILES string of the molecule is C1=CCC=S=C1. The molecule has 0 saturated carbocycles.